The van der Waals surface area contributed by atoms with Gasteiger partial charge in [-0.1, -0.05) is 26.2 Å². The fourth-order valence-corrected chi connectivity index (χ4v) is 3.48. The summed E-state index contributed by atoms with van der Waals surface area (Å²) in [5, 5.41) is 13.6. The molecule has 0 aromatic rings. The first kappa shape index (κ1) is 16.3. The number of ether oxygens (including phenoxy) is 1. The van der Waals surface area contributed by atoms with E-state index in [1.54, 1.807) is 0 Å². The molecule has 0 radical (unpaired) electrons. The smallest absolute Gasteiger partial charge is 0.0898 e. The first-order valence-electron chi connectivity index (χ1n) is 8.57. The van der Waals surface area contributed by atoms with Crippen molar-refractivity contribution in [1.82, 2.24) is 5.32 Å². The summed E-state index contributed by atoms with van der Waals surface area (Å²) in [5.41, 5.74) is 0.164. The average molecular weight is 283 g/mol. The third-order valence-electron chi connectivity index (χ3n) is 5.26. The van der Waals surface area contributed by atoms with Crippen LogP contribution in [0.4, 0.5) is 0 Å². The van der Waals surface area contributed by atoms with Crippen molar-refractivity contribution >= 4 is 0 Å². The third-order valence-corrected chi connectivity index (χ3v) is 5.26. The molecule has 0 aromatic heterocycles. The van der Waals surface area contributed by atoms with Crippen molar-refractivity contribution < 1.29 is 9.84 Å². The molecular weight excluding hydrogens is 250 g/mol. The lowest BCUT2D eigenvalue weighted by Gasteiger charge is -2.32. The normalized spacial score (nSPS) is 29.4. The maximum absolute atomic E-state index is 10.1. The van der Waals surface area contributed by atoms with Gasteiger partial charge in [0.25, 0.3) is 0 Å². The van der Waals surface area contributed by atoms with Crippen molar-refractivity contribution in [3.63, 3.8) is 0 Å². The Labute approximate surface area is 124 Å². The fourth-order valence-electron chi connectivity index (χ4n) is 3.48. The minimum Gasteiger partial charge on any atom is -0.389 e. The summed E-state index contributed by atoms with van der Waals surface area (Å²) < 4.78 is 6.00. The van der Waals surface area contributed by atoms with E-state index in [2.05, 4.69) is 26.1 Å². The number of aliphatic hydroxyl groups excluding tert-OH is 1. The third kappa shape index (κ3) is 4.71. The van der Waals surface area contributed by atoms with Gasteiger partial charge in [0.2, 0.25) is 0 Å². The summed E-state index contributed by atoms with van der Waals surface area (Å²) in [4.78, 5) is 0. The Morgan fingerprint density at radius 1 is 1.20 bits per heavy atom. The van der Waals surface area contributed by atoms with Gasteiger partial charge >= 0.3 is 0 Å². The molecule has 0 aliphatic heterocycles. The van der Waals surface area contributed by atoms with E-state index in [0.29, 0.717) is 25.2 Å². The molecule has 0 amide bonds. The number of hydrogen-bond donors (Lipinski definition) is 2. The second-order valence-corrected chi connectivity index (χ2v) is 7.36. The van der Waals surface area contributed by atoms with Crippen LogP contribution in [0, 0.1) is 11.8 Å². The van der Waals surface area contributed by atoms with Gasteiger partial charge in [0.1, 0.15) is 0 Å². The van der Waals surface area contributed by atoms with E-state index >= 15 is 0 Å². The predicted octanol–water partition coefficient (Wildman–Crippen LogP) is 3.11. The topological polar surface area (TPSA) is 41.5 Å². The van der Waals surface area contributed by atoms with E-state index in [4.69, 9.17) is 4.74 Å². The lowest BCUT2D eigenvalue weighted by Crippen LogP contribution is -2.46. The van der Waals surface area contributed by atoms with Crippen LogP contribution in [0.5, 0.6) is 0 Å². The molecule has 3 nitrogen and oxygen atoms in total. The van der Waals surface area contributed by atoms with Gasteiger partial charge in [-0.25, -0.2) is 0 Å². The van der Waals surface area contributed by atoms with Crippen LogP contribution in [-0.2, 0) is 4.74 Å². The highest BCUT2D eigenvalue weighted by atomic mass is 16.5. The highest BCUT2D eigenvalue weighted by Gasteiger charge is 2.37. The van der Waals surface area contributed by atoms with E-state index in [-0.39, 0.29) is 11.6 Å². The first-order valence-corrected chi connectivity index (χ1v) is 8.57. The molecule has 2 saturated carbocycles. The Bertz CT molecular complexity index is 289. The molecule has 3 unspecified atom stereocenters. The molecule has 118 valence electrons. The Kier molecular flexibility index (Phi) is 5.88. The highest BCUT2D eigenvalue weighted by Crippen LogP contribution is 2.39. The lowest BCUT2D eigenvalue weighted by molar-refractivity contribution is -0.0511. The molecule has 0 spiro atoms. The van der Waals surface area contributed by atoms with Crippen LogP contribution in [-0.4, -0.2) is 36.0 Å². The van der Waals surface area contributed by atoms with E-state index in [1.807, 2.05) is 0 Å². The van der Waals surface area contributed by atoms with Gasteiger partial charge in [-0.2, -0.15) is 0 Å². The predicted molar refractivity (Wildman–Crippen MR) is 82.8 cm³/mol. The number of β-amino-alcohol motifs (C(OH)–C–C–N with tert-alkyl or cyclic N) is 1. The molecular formula is C17H33NO2. The lowest BCUT2D eigenvalue weighted by atomic mass is 9.85. The van der Waals surface area contributed by atoms with Gasteiger partial charge in [-0.15, -0.1) is 0 Å². The average Bonchev–Trinajstić information content (AvgIpc) is 3.28. The minimum absolute atomic E-state index is 0.164. The van der Waals surface area contributed by atoms with Crippen LogP contribution in [0.25, 0.3) is 0 Å². The molecule has 20 heavy (non-hydrogen) atoms. The molecule has 2 rings (SSSR count). The largest absolute Gasteiger partial charge is 0.389 e. The second-order valence-electron chi connectivity index (χ2n) is 7.36. The zero-order valence-corrected chi connectivity index (χ0v) is 13.5. The van der Waals surface area contributed by atoms with Crippen molar-refractivity contribution in [2.24, 2.45) is 11.8 Å². The molecule has 2 aliphatic carbocycles. The van der Waals surface area contributed by atoms with E-state index < -0.39 is 0 Å². The molecule has 3 atom stereocenters. The van der Waals surface area contributed by atoms with Gasteiger partial charge in [0, 0.05) is 12.1 Å². The molecule has 2 aliphatic rings. The highest BCUT2D eigenvalue weighted by molar-refractivity contribution is 4.94. The van der Waals surface area contributed by atoms with Gasteiger partial charge in [-0.05, 0) is 51.4 Å². The van der Waals surface area contributed by atoms with Crippen LogP contribution in [0.15, 0.2) is 0 Å². The van der Waals surface area contributed by atoms with Crippen LogP contribution >= 0.6 is 0 Å². The Morgan fingerprint density at radius 3 is 2.55 bits per heavy atom. The summed E-state index contributed by atoms with van der Waals surface area (Å²) in [6, 6.07) is 0. The minimum atomic E-state index is -0.382. The number of nitrogens with one attached hydrogen (secondary N) is 1. The Balaban J connectivity index is 1.65. The molecule has 2 fully saturated rings. The maximum atomic E-state index is 10.1. The Hall–Kier alpha value is -0.120. The molecule has 0 saturated heterocycles. The quantitative estimate of drug-likeness (QED) is 0.719. The number of hydrogen-bond acceptors (Lipinski definition) is 3. The van der Waals surface area contributed by atoms with E-state index in [9.17, 15) is 5.11 Å². The maximum Gasteiger partial charge on any atom is 0.0898 e. The summed E-state index contributed by atoms with van der Waals surface area (Å²) >= 11 is 0. The van der Waals surface area contributed by atoms with Crippen molar-refractivity contribution in [1.29, 1.82) is 0 Å². The van der Waals surface area contributed by atoms with Gasteiger partial charge in [-0.3, -0.25) is 0 Å². The van der Waals surface area contributed by atoms with Crippen molar-refractivity contribution in [2.45, 2.75) is 83.5 Å². The van der Waals surface area contributed by atoms with Gasteiger partial charge in [0.15, 0.2) is 0 Å². The van der Waals surface area contributed by atoms with E-state index in [1.165, 1.54) is 44.9 Å². The van der Waals surface area contributed by atoms with Crippen molar-refractivity contribution in [3.8, 4) is 0 Å². The zero-order chi connectivity index (χ0) is 14.6. The van der Waals surface area contributed by atoms with Crippen LogP contribution in [0.3, 0.4) is 0 Å². The van der Waals surface area contributed by atoms with Crippen molar-refractivity contribution in [3.05, 3.63) is 0 Å². The van der Waals surface area contributed by atoms with Gasteiger partial charge < -0.3 is 15.2 Å². The molecule has 0 heterocycles. The molecule has 2 N–H and O–H groups in total. The first-order chi connectivity index (χ1) is 9.53. The standard InChI is InChI=1S/C17H33NO2/c1-4-13-7-5-6-8-16(13)20-12-15(19)11-18-17(2,3)14-9-10-14/h13-16,18-19H,4-12H2,1-3H3. The Morgan fingerprint density at radius 2 is 1.90 bits per heavy atom. The summed E-state index contributed by atoms with van der Waals surface area (Å²) in [7, 11) is 0. The summed E-state index contributed by atoms with van der Waals surface area (Å²) in [6.45, 7) is 7.86. The zero-order valence-electron chi connectivity index (χ0n) is 13.5. The number of rotatable bonds is 8. The SMILES string of the molecule is CCC1CCCCC1OCC(O)CNC(C)(C)C1CC1. The van der Waals surface area contributed by atoms with Crippen LogP contribution < -0.4 is 5.32 Å². The monoisotopic (exact) mass is 283 g/mol. The molecule has 0 bridgehead atoms. The second kappa shape index (κ2) is 7.24. The van der Waals surface area contributed by atoms with E-state index in [0.717, 1.165) is 5.92 Å². The molecule has 3 heteroatoms. The van der Waals surface area contributed by atoms with Crippen LogP contribution in [0.1, 0.15) is 65.7 Å². The number of aliphatic hydroxyl groups is 1. The fraction of sp³-hybridized carbons (Fsp3) is 1.00. The van der Waals surface area contributed by atoms with Gasteiger partial charge in [0.05, 0.1) is 18.8 Å². The molecule has 0 aromatic carbocycles. The van der Waals surface area contributed by atoms with Crippen LogP contribution in [0.2, 0.25) is 0 Å². The van der Waals surface area contributed by atoms with Crippen molar-refractivity contribution in [2.75, 3.05) is 13.2 Å². The summed E-state index contributed by atoms with van der Waals surface area (Å²) in [6.07, 6.45) is 8.94. The summed E-state index contributed by atoms with van der Waals surface area (Å²) in [5.74, 6) is 1.49.